The first-order valence-electron chi connectivity index (χ1n) is 11.1. The summed E-state index contributed by atoms with van der Waals surface area (Å²) in [4.78, 5) is 34.1. The second-order valence-corrected chi connectivity index (χ2v) is 11.4. The molecule has 2 atom stereocenters. The second-order valence-electron chi connectivity index (χ2n) is 8.32. The molecular weight excluding hydrogens is 500 g/mol. The van der Waals surface area contributed by atoms with E-state index in [0.717, 1.165) is 11.3 Å². The summed E-state index contributed by atoms with van der Waals surface area (Å²) >= 11 is 7.30. The topological polar surface area (TPSA) is 109 Å². The minimum Gasteiger partial charge on any atom is -0.378 e. The fourth-order valence-electron chi connectivity index (χ4n) is 4.16. The van der Waals surface area contributed by atoms with Gasteiger partial charge in [-0.15, -0.1) is 11.3 Å². The fourth-order valence-corrected chi connectivity index (χ4v) is 6.13. The van der Waals surface area contributed by atoms with E-state index in [0.29, 0.717) is 57.1 Å². The van der Waals surface area contributed by atoms with Crippen molar-refractivity contribution in [3.05, 3.63) is 51.4 Å². The van der Waals surface area contributed by atoms with Crippen LogP contribution in [0.5, 0.6) is 0 Å². The molecule has 1 aromatic heterocycles. The lowest BCUT2D eigenvalue weighted by atomic mass is 10.1. The van der Waals surface area contributed by atoms with Gasteiger partial charge < -0.3 is 14.5 Å². The number of ether oxygens (including phenoxy) is 1. The third-order valence-corrected chi connectivity index (χ3v) is 8.28. The molecule has 9 nitrogen and oxygen atoms in total. The minimum absolute atomic E-state index is 0.145. The molecule has 0 spiro atoms. The van der Waals surface area contributed by atoms with E-state index < -0.39 is 22.1 Å². The summed E-state index contributed by atoms with van der Waals surface area (Å²) < 4.78 is 33.3. The number of amides is 2. The van der Waals surface area contributed by atoms with E-state index in [-0.39, 0.29) is 17.6 Å². The van der Waals surface area contributed by atoms with E-state index in [1.165, 1.54) is 16.2 Å². The van der Waals surface area contributed by atoms with E-state index in [4.69, 9.17) is 16.3 Å². The lowest BCUT2D eigenvalue weighted by Crippen LogP contribution is -2.54. The quantitative estimate of drug-likeness (QED) is 0.528. The molecule has 0 unspecified atom stereocenters. The first-order chi connectivity index (χ1) is 16.3. The Morgan fingerprint density at radius 3 is 2.65 bits per heavy atom. The molecule has 0 saturated carbocycles. The van der Waals surface area contributed by atoms with Gasteiger partial charge in [0, 0.05) is 36.5 Å². The average Bonchev–Trinajstić information content (AvgIpc) is 3.47. The summed E-state index contributed by atoms with van der Waals surface area (Å²) in [5.41, 5.74) is 3.26. The van der Waals surface area contributed by atoms with Crippen LogP contribution in [0, 0.1) is 0 Å². The number of thiazole rings is 1. The zero-order chi connectivity index (χ0) is 24.1. The van der Waals surface area contributed by atoms with Gasteiger partial charge in [0.15, 0.2) is 0 Å². The molecule has 2 saturated heterocycles. The molecule has 2 fully saturated rings. The van der Waals surface area contributed by atoms with Crippen molar-refractivity contribution in [3.8, 4) is 0 Å². The van der Waals surface area contributed by atoms with Gasteiger partial charge in [0.05, 0.1) is 30.2 Å². The molecule has 4 rings (SSSR count). The van der Waals surface area contributed by atoms with Crippen LogP contribution in [-0.4, -0.2) is 85.7 Å². The van der Waals surface area contributed by atoms with Crippen LogP contribution in [0.2, 0.25) is 5.02 Å². The summed E-state index contributed by atoms with van der Waals surface area (Å²) in [6, 6.07) is 5.37. The van der Waals surface area contributed by atoms with Gasteiger partial charge in [-0.1, -0.05) is 23.7 Å². The van der Waals surface area contributed by atoms with Crippen molar-refractivity contribution in [2.45, 2.75) is 31.3 Å². The standard InChI is InChI=1S/C22H27ClN4O5S2/c23-17-3-1-16(2-4-17)6-12-34(30,31)25-19-5-7-27(21(19)28)20(13-18-14-33-15-24-18)22(29)26-8-10-32-11-9-26/h1-4,14-15,19-20,25H,5-13H2/t19-,20-/m0/s1. The fraction of sp³-hybridized carbons (Fsp3) is 0.500. The predicted octanol–water partition coefficient (Wildman–Crippen LogP) is 1.33. The van der Waals surface area contributed by atoms with Gasteiger partial charge >= 0.3 is 0 Å². The molecule has 0 aliphatic carbocycles. The van der Waals surface area contributed by atoms with E-state index in [1.807, 2.05) is 5.38 Å². The Labute approximate surface area is 208 Å². The molecule has 0 bridgehead atoms. The molecule has 2 amide bonds. The van der Waals surface area contributed by atoms with Gasteiger partial charge in [-0.2, -0.15) is 0 Å². The van der Waals surface area contributed by atoms with Crippen molar-refractivity contribution in [2.75, 3.05) is 38.6 Å². The highest BCUT2D eigenvalue weighted by molar-refractivity contribution is 7.89. The van der Waals surface area contributed by atoms with Gasteiger partial charge in [-0.3, -0.25) is 9.59 Å². The van der Waals surface area contributed by atoms with Crippen LogP contribution in [0.3, 0.4) is 0 Å². The molecule has 184 valence electrons. The summed E-state index contributed by atoms with van der Waals surface area (Å²) in [5, 5.41) is 2.44. The largest absolute Gasteiger partial charge is 0.378 e. The van der Waals surface area contributed by atoms with Gasteiger partial charge in [-0.25, -0.2) is 18.1 Å². The van der Waals surface area contributed by atoms with Crippen LogP contribution in [0.15, 0.2) is 35.2 Å². The number of likely N-dealkylation sites (tertiary alicyclic amines) is 1. The Balaban J connectivity index is 1.42. The molecule has 2 aliphatic rings. The average molecular weight is 527 g/mol. The summed E-state index contributed by atoms with van der Waals surface area (Å²) in [6.07, 6.45) is 0.906. The highest BCUT2D eigenvalue weighted by Crippen LogP contribution is 2.21. The number of rotatable bonds is 9. The highest BCUT2D eigenvalue weighted by atomic mass is 35.5. The molecule has 2 aliphatic heterocycles. The Hall–Kier alpha value is -2.05. The highest BCUT2D eigenvalue weighted by Gasteiger charge is 2.42. The van der Waals surface area contributed by atoms with Crippen molar-refractivity contribution in [1.29, 1.82) is 0 Å². The molecule has 1 N–H and O–H groups in total. The number of hydrogen-bond acceptors (Lipinski definition) is 7. The van der Waals surface area contributed by atoms with Crippen molar-refractivity contribution < 1.29 is 22.7 Å². The Morgan fingerprint density at radius 2 is 1.97 bits per heavy atom. The number of aromatic nitrogens is 1. The Kier molecular flexibility index (Phi) is 8.20. The van der Waals surface area contributed by atoms with Crippen molar-refractivity contribution in [3.63, 3.8) is 0 Å². The zero-order valence-electron chi connectivity index (χ0n) is 18.6. The SMILES string of the molecule is O=C([C@H](Cc1cscn1)N1CC[C@H](NS(=O)(=O)CCc2ccc(Cl)cc2)C1=O)N1CCOCC1. The molecule has 1 aromatic carbocycles. The van der Waals surface area contributed by atoms with Crippen molar-refractivity contribution >= 4 is 44.8 Å². The monoisotopic (exact) mass is 526 g/mol. The number of nitrogens with zero attached hydrogens (tertiary/aromatic N) is 3. The minimum atomic E-state index is -3.70. The van der Waals surface area contributed by atoms with E-state index >= 15 is 0 Å². The Bertz CT molecular complexity index is 1090. The third-order valence-electron chi connectivity index (χ3n) is 6.00. The molecule has 0 radical (unpaired) electrons. The maximum atomic E-state index is 13.3. The second kappa shape index (κ2) is 11.1. The number of halogens is 1. The number of carbonyl (C=O) groups excluding carboxylic acids is 2. The van der Waals surface area contributed by atoms with Crippen LogP contribution in [0.1, 0.15) is 17.7 Å². The lowest BCUT2D eigenvalue weighted by Gasteiger charge is -2.34. The number of hydrogen-bond donors (Lipinski definition) is 1. The van der Waals surface area contributed by atoms with E-state index in [2.05, 4.69) is 9.71 Å². The van der Waals surface area contributed by atoms with Crippen LogP contribution in [0.25, 0.3) is 0 Å². The number of aryl methyl sites for hydroxylation is 1. The zero-order valence-corrected chi connectivity index (χ0v) is 20.9. The van der Waals surface area contributed by atoms with E-state index in [9.17, 15) is 18.0 Å². The Morgan fingerprint density at radius 1 is 1.24 bits per heavy atom. The normalized spacial score (nSPS) is 20.0. The van der Waals surface area contributed by atoms with Gasteiger partial charge in [0.2, 0.25) is 21.8 Å². The van der Waals surface area contributed by atoms with Gasteiger partial charge in [-0.05, 0) is 30.5 Å². The molecule has 12 heteroatoms. The molecule has 3 heterocycles. The number of morpholine rings is 1. The molecule has 34 heavy (non-hydrogen) atoms. The van der Waals surface area contributed by atoms with Crippen LogP contribution in [-0.2, 0) is 37.2 Å². The predicted molar refractivity (Wildman–Crippen MR) is 129 cm³/mol. The van der Waals surface area contributed by atoms with Crippen molar-refractivity contribution in [1.82, 2.24) is 19.5 Å². The van der Waals surface area contributed by atoms with E-state index in [1.54, 1.807) is 34.7 Å². The molecule has 2 aromatic rings. The smallest absolute Gasteiger partial charge is 0.245 e. The number of nitrogens with one attached hydrogen (secondary N) is 1. The van der Waals surface area contributed by atoms with Gasteiger partial charge in [0.25, 0.3) is 0 Å². The first-order valence-corrected chi connectivity index (χ1v) is 14.1. The third kappa shape index (κ3) is 6.33. The van der Waals surface area contributed by atoms with Crippen LogP contribution < -0.4 is 4.72 Å². The van der Waals surface area contributed by atoms with Crippen LogP contribution >= 0.6 is 22.9 Å². The summed E-state index contributed by atoms with van der Waals surface area (Å²) in [6.45, 7) is 2.15. The maximum absolute atomic E-state index is 13.3. The van der Waals surface area contributed by atoms with Crippen molar-refractivity contribution in [2.24, 2.45) is 0 Å². The molecular formula is C22H27ClN4O5S2. The van der Waals surface area contributed by atoms with Crippen LogP contribution in [0.4, 0.5) is 0 Å². The maximum Gasteiger partial charge on any atom is 0.245 e. The van der Waals surface area contributed by atoms with Gasteiger partial charge in [0.1, 0.15) is 12.1 Å². The lowest BCUT2D eigenvalue weighted by molar-refractivity contribution is -0.146. The summed E-state index contributed by atoms with van der Waals surface area (Å²) in [7, 11) is -3.70. The summed E-state index contributed by atoms with van der Waals surface area (Å²) in [5.74, 6) is -0.680. The number of benzene rings is 1. The number of sulfonamides is 1. The number of carbonyl (C=O) groups is 2. The first kappa shape index (κ1) is 25.1.